The average molecular weight is 996 g/mol. The van der Waals surface area contributed by atoms with Crippen LogP contribution in [0.15, 0.2) is 271 Å². The van der Waals surface area contributed by atoms with Gasteiger partial charge in [0.25, 0.3) is 0 Å². The Morgan fingerprint density at radius 1 is 0.288 bits per heavy atom. The van der Waals surface area contributed by atoms with E-state index in [2.05, 4.69) is 258 Å². The number of rotatable bonds is 2. The minimum atomic E-state index is -0.281. The summed E-state index contributed by atoms with van der Waals surface area (Å²) in [5, 5.41) is 8.54. The number of fused-ring (bicyclic) bond motifs is 22. The van der Waals surface area contributed by atoms with Crippen molar-refractivity contribution in [2.24, 2.45) is 0 Å². The first-order valence-electron chi connectivity index (χ1n) is 25.1. The fourth-order valence-electron chi connectivity index (χ4n) is 13.0. The minimum absolute atomic E-state index is 0.219. The molecule has 3 heteroatoms. The van der Waals surface area contributed by atoms with E-state index in [4.69, 9.17) is 5.73 Å². The molecule has 4 aliphatic carbocycles. The van der Waals surface area contributed by atoms with Gasteiger partial charge in [-0.05, 0) is 136 Å². The molecule has 3 N–H and O–H groups in total. The van der Waals surface area contributed by atoms with Crippen LogP contribution in [0, 0.1) is 0 Å². The molecule has 2 spiro atoms. The second kappa shape index (κ2) is 16.9. The fraction of sp³-hybridized carbons (Fsp3) is 0.0286. The van der Waals surface area contributed by atoms with Gasteiger partial charge in [-0.25, -0.2) is 0 Å². The van der Waals surface area contributed by atoms with Crippen LogP contribution in [0.25, 0.3) is 66.1 Å². The van der Waals surface area contributed by atoms with Crippen LogP contribution in [0.2, 0.25) is 0 Å². The number of nitrogens with one attached hydrogen (secondary N) is 1. The molecular formula is C70H47BrN2. The molecule has 0 fully saturated rings. The van der Waals surface area contributed by atoms with Gasteiger partial charge in [-0.1, -0.05) is 246 Å². The van der Waals surface area contributed by atoms with Crippen molar-refractivity contribution in [2.45, 2.75) is 10.8 Å². The standard InChI is InChI=1S/C35H23N.C25H15Br.C10H9N/c1-2-12-25-23(10-1)11-9-19-34(25)36-24-20-21-33-29(22-24)28-15-5-8-18-32(28)35(33)30-16-6-3-13-26(30)27-14-4-7-17-31(27)35;26-16-13-14-20-19-9-3-6-12-23(19)25(24(20)15-16)21-10-4-1-7-17(21)18-8-2-5-11-22(18)25;11-10-7-3-5-8-4-1-2-6-9(8)10/h1-22,36H;1-15H;1-7H,11H2. The molecule has 73 heavy (non-hydrogen) atoms. The quantitative estimate of drug-likeness (QED) is 0.169. The molecule has 16 rings (SSSR count). The van der Waals surface area contributed by atoms with Gasteiger partial charge in [0.1, 0.15) is 0 Å². The third-order valence-electron chi connectivity index (χ3n) is 15.8. The molecule has 0 bridgehead atoms. The Kier molecular flexibility index (Phi) is 10.00. The molecule has 0 amide bonds. The third kappa shape index (κ3) is 6.35. The lowest BCUT2D eigenvalue weighted by Crippen LogP contribution is -2.25. The summed E-state index contributed by atoms with van der Waals surface area (Å²) < 4.78 is 1.13. The molecule has 0 aromatic heterocycles. The molecule has 0 aliphatic heterocycles. The normalized spacial score (nSPS) is 13.5. The molecule has 2 nitrogen and oxygen atoms in total. The van der Waals surface area contributed by atoms with Gasteiger partial charge in [0.2, 0.25) is 0 Å². The predicted octanol–water partition coefficient (Wildman–Crippen LogP) is 18.1. The van der Waals surface area contributed by atoms with Crippen LogP contribution in [0.5, 0.6) is 0 Å². The maximum Gasteiger partial charge on any atom is 0.0725 e. The van der Waals surface area contributed by atoms with Crippen LogP contribution in [0.4, 0.5) is 17.1 Å². The fourth-order valence-corrected chi connectivity index (χ4v) is 13.3. The Morgan fingerprint density at radius 3 is 1.16 bits per heavy atom. The van der Waals surface area contributed by atoms with Crippen molar-refractivity contribution in [3.63, 3.8) is 0 Å². The highest BCUT2D eigenvalue weighted by Gasteiger charge is 2.53. The van der Waals surface area contributed by atoms with Crippen LogP contribution < -0.4 is 11.1 Å². The summed E-state index contributed by atoms with van der Waals surface area (Å²) in [6.45, 7) is 0. The lowest BCUT2D eigenvalue weighted by atomic mass is 9.70. The van der Waals surface area contributed by atoms with Crippen molar-refractivity contribution < 1.29 is 0 Å². The van der Waals surface area contributed by atoms with Crippen molar-refractivity contribution in [2.75, 3.05) is 11.1 Å². The second-order valence-corrected chi connectivity index (χ2v) is 20.4. The summed E-state index contributed by atoms with van der Waals surface area (Å²) in [6.07, 6.45) is 0. The first-order chi connectivity index (χ1) is 36.0. The Morgan fingerprint density at radius 2 is 0.658 bits per heavy atom. The van der Waals surface area contributed by atoms with E-state index in [0.717, 1.165) is 26.9 Å². The number of hydrogen-bond acceptors (Lipinski definition) is 2. The Labute approximate surface area is 434 Å². The number of benzene rings is 12. The minimum Gasteiger partial charge on any atom is -0.398 e. The zero-order valence-electron chi connectivity index (χ0n) is 39.9. The largest absolute Gasteiger partial charge is 0.398 e. The number of hydrogen-bond donors (Lipinski definition) is 2. The van der Waals surface area contributed by atoms with E-state index in [1.54, 1.807) is 0 Å². The van der Waals surface area contributed by atoms with E-state index in [9.17, 15) is 0 Å². The molecule has 0 atom stereocenters. The van der Waals surface area contributed by atoms with Crippen molar-refractivity contribution in [3.8, 4) is 44.5 Å². The molecule has 0 saturated carbocycles. The van der Waals surface area contributed by atoms with Gasteiger partial charge in [-0.3, -0.25) is 0 Å². The van der Waals surface area contributed by atoms with Gasteiger partial charge in [0, 0.05) is 32.3 Å². The highest BCUT2D eigenvalue weighted by atomic mass is 79.9. The van der Waals surface area contributed by atoms with Crippen LogP contribution in [0.3, 0.4) is 0 Å². The van der Waals surface area contributed by atoms with Gasteiger partial charge in [0.05, 0.1) is 10.8 Å². The molecular weight excluding hydrogens is 949 g/mol. The lowest BCUT2D eigenvalue weighted by molar-refractivity contribution is 0.793. The van der Waals surface area contributed by atoms with Crippen LogP contribution >= 0.6 is 15.9 Å². The summed E-state index contributed by atoms with van der Waals surface area (Å²) >= 11 is 3.72. The smallest absolute Gasteiger partial charge is 0.0725 e. The maximum atomic E-state index is 5.76. The molecule has 0 saturated heterocycles. The van der Waals surface area contributed by atoms with Gasteiger partial charge in [0.15, 0.2) is 0 Å². The van der Waals surface area contributed by atoms with Crippen molar-refractivity contribution in [3.05, 3.63) is 316 Å². The number of nitrogens with two attached hydrogens (primary N) is 1. The van der Waals surface area contributed by atoms with E-state index < -0.39 is 0 Å². The van der Waals surface area contributed by atoms with Gasteiger partial charge < -0.3 is 11.1 Å². The first kappa shape index (κ1) is 43.1. The topological polar surface area (TPSA) is 38.0 Å². The van der Waals surface area contributed by atoms with Crippen LogP contribution in [-0.2, 0) is 10.8 Å². The van der Waals surface area contributed by atoms with E-state index in [1.165, 1.54) is 105 Å². The number of halogens is 1. The zero-order chi connectivity index (χ0) is 48.7. The summed E-state index contributed by atoms with van der Waals surface area (Å²) in [4.78, 5) is 0. The van der Waals surface area contributed by atoms with Gasteiger partial charge >= 0.3 is 0 Å². The van der Waals surface area contributed by atoms with Crippen molar-refractivity contribution in [1.82, 2.24) is 0 Å². The van der Waals surface area contributed by atoms with E-state index in [1.807, 2.05) is 30.3 Å². The molecule has 0 unspecified atom stereocenters. The summed E-state index contributed by atoms with van der Waals surface area (Å²) in [5.74, 6) is 0. The Balaban J connectivity index is 0.000000116. The highest BCUT2D eigenvalue weighted by molar-refractivity contribution is 9.10. The lowest BCUT2D eigenvalue weighted by Gasteiger charge is -2.30. The molecule has 0 heterocycles. The van der Waals surface area contributed by atoms with Crippen LogP contribution in [0.1, 0.15) is 44.5 Å². The highest BCUT2D eigenvalue weighted by Crippen LogP contribution is 2.64. The Hall–Kier alpha value is -8.76. The van der Waals surface area contributed by atoms with Gasteiger partial charge in [-0.15, -0.1) is 0 Å². The van der Waals surface area contributed by atoms with Crippen molar-refractivity contribution in [1.29, 1.82) is 0 Å². The number of anilines is 3. The molecule has 4 aliphatic rings. The van der Waals surface area contributed by atoms with Gasteiger partial charge in [-0.2, -0.15) is 0 Å². The second-order valence-electron chi connectivity index (χ2n) is 19.4. The monoisotopic (exact) mass is 994 g/mol. The first-order valence-corrected chi connectivity index (χ1v) is 25.9. The van der Waals surface area contributed by atoms with E-state index >= 15 is 0 Å². The van der Waals surface area contributed by atoms with Crippen molar-refractivity contribution >= 4 is 54.5 Å². The average Bonchev–Trinajstić information content (AvgIpc) is 4.13. The zero-order valence-corrected chi connectivity index (χ0v) is 41.4. The molecule has 12 aromatic carbocycles. The maximum absolute atomic E-state index is 5.76. The van der Waals surface area contributed by atoms with E-state index in [0.29, 0.717) is 0 Å². The van der Waals surface area contributed by atoms with Crippen LogP contribution in [-0.4, -0.2) is 0 Å². The SMILES string of the molecule is Brc1ccc2c(c1)C1(c3ccccc3-c3ccccc31)c1ccccc1-2.Nc1cccc2ccccc12.c1ccc2c(c1)-c1ccccc1C21c2ccccc2-c2cc(Nc3cccc4ccccc34)ccc21. The molecule has 12 aromatic rings. The van der Waals surface area contributed by atoms with E-state index in [-0.39, 0.29) is 10.8 Å². The summed E-state index contributed by atoms with van der Waals surface area (Å²) in [7, 11) is 0. The molecule has 344 valence electrons. The number of nitrogen functional groups attached to an aromatic ring is 1. The summed E-state index contributed by atoms with van der Waals surface area (Å²) in [5.41, 5.74) is 30.1. The third-order valence-corrected chi connectivity index (χ3v) is 16.3. The summed E-state index contributed by atoms with van der Waals surface area (Å²) in [6, 6.07) is 96.2. The Bertz CT molecular complexity index is 4070. The molecule has 0 radical (unpaired) electrons. The predicted molar refractivity (Wildman–Crippen MR) is 309 cm³/mol.